The van der Waals surface area contributed by atoms with Gasteiger partial charge in [0.2, 0.25) is 0 Å². The van der Waals surface area contributed by atoms with Crippen LogP contribution in [0, 0.1) is 11.3 Å². The molecule has 0 spiro atoms. The molecule has 0 aromatic heterocycles. The van der Waals surface area contributed by atoms with E-state index in [9.17, 15) is 4.79 Å². The normalized spacial score (nSPS) is 18.3. The maximum absolute atomic E-state index is 12.2. The largest absolute Gasteiger partial charge is 0.492 e. The van der Waals surface area contributed by atoms with Crippen LogP contribution in [0.1, 0.15) is 59.6 Å². The summed E-state index contributed by atoms with van der Waals surface area (Å²) in [6, 6.07) is 9.85. The molecule has 0 unspecified atom stereocenters. The third-order valence-corrected chi connectivity index (χ3v) is 5.06. The van der Waals surface area contributed by atoms with Crippen molar-refractivity contribution in [1.29, 1.82) is 5.26 Å². The SMILES string of the molecule is CC(C)(C)OC(=O)NCC(=Cc1ccccc1CC#N)B1OC(C)(C)C(C)(C)O1. The molecule has 0 saturated carbocycles. The average molecular weight is 398 g/mol. The highest BCUT2D eigenvalue weighted by Gasteiger charge is 2.52. The minimum atomic E-state index is -0.620. The smallest absolute Gasteiger partial charge is 0.444 e. The predicted octanol–water partition coefficient (Wildman–Crippen LogP) is 4.29. The second kappa shape index (κ2) is 8.60. The van der Waals surface area contributed by atoms with Crippen molar-refractivity contribution in [3.63, 3.8) is 0 Å². The van der Waals surface area contributed by atoms with Gasteiger partial charge in [0.1, 0.15) is 5.60 Å². The molecule has 1 N–H and O–H groups in total. The molecule has 0 bridgehead atoms. The Morgan fingerprint density at radius 2 is 1.79 bits per heavy atom. The summed E-state index contributed by atoms with van der Waals surface area (Å²) in [7, 11) is -0.620. The Morgan fingerprint density at radius 3 is 2.34 bits per heavy atom. The summed E-state index contributed by atoms with van der Waals surface area (Å²) in [6.07, 6.45) is 1.71. The summed E-state index contributed by atoms with van der Waals surface area (Å²) in [6.45, 7) is 13.6. The standard InChI is InChI=1S/C22H31BN2O4/c1-20(2,3)27-19(26)25-15-18(23-28-21(4,5)22(6,7)29-23)14-17-11-9-8-10-16(17)12-13-24/h8-11,14H,12,15H2,1-7H3,(H,25,26). The number of carbonyl (C=O) groups is 1. The molecule has 156 valence electrons. The van der Waals surface area contributed by atoms with E-state index in [-0.39, 0.29) is 6.54 Å². The van der Waals surface area contributed by atoms with Crippen molar-refractivity contribution in [1.82, 2.24) is 5.32 Å². The molecule has 6 nitrogen and oxygen atoms in total. The molecular weight excluding hydrogens is 367 g/mol. The van der Waals surface area contributed by atoms with Crippen LogP contribution in [0.2, 0.25) is 0 Å². The molecule has 1 saturated heterocycles. The highest BCUT2D eigenvalue weighted by Crippen LogP contribution is 2.38. The Morgan fingerprint density at radius 1 is 1.21 bits per heavy atom. The van der Waals surface area contributed by atoms with E-state index in [1.165, 1.54) is 0 Å². The van der Waals surface area contributed by atoms with Crippen molar-refractivity contribution in [2.45, 2.75) is 71.7 Å². The first kappa shape index (κ1) is 23.0. The number of nitrogens with zero attached hydrogens (tertiary/aromatic N) is 1. The van der Waals surface area contributed by atoms with Crippen LogP contribution in [0.3, 0.4) is 0 Å². The Balaban J connectivity index is 2.32. The topological polar surface area (TPSA) is 80.6 Å². The molecule has 0 atom stereocenters. The van der Waals surface area contributed by atoms with Crippen LogP contribution in [-0.2, 0) is 20.5 Å². The number of rotatable bonds is 5. The molecule has 1 aromatic carbocycles. The molecule has 1 aromatic rings. The third-order valence-electron chi connectivity index (χ3n) is 5.06. The van der Waals surface area contributed by atoms with E-state index in [1.807, 2.05) is 78.8 Å². The van der Waals surface area contributed by atoms with Crippen LogP contribution >= 0.6 is 0 Å². The van der Waals surface area contributed by atoms with Crippen LogP contribution in [0.25, 0.3) is 6.08 Å². The second-order valence-corrected chi connectivity index (χ2v) is 9.20. The van der Waals surface area contributed by atoms with Crippen molar-refractivity contribution in [3.05, 3.63) is 40.9 Å². The van der Waals surface area contributed by atoms with Gasteiger partial charge in [-0.25, -0.2) is 4.79 Å². The molecule has 1 aliphatic heterocycles. The summed E-state index contributed by atoms with van der Waals surface area (Å²) in [5, 5.41) is 11.9. The van der Waals surface area contributed by atoms with Gasteiger partial charge in [0.25, 0.3) is 0 Å². The lowest BCUT2D eigenvalue weighted by Crippen LogP contribution is -2.41. The highest BCUT2D eigenvalue weighted by molar-refractivity contribution is 6.56. The van der Waals surface area contributed by atoms with Crippen molar-refractivity contribution in [3.8, 4) is 6.07 Å². The van der Waals surface area contributed by atoms with E-state index < -0.39 is 30.0 Å². The minimum absolute atomic E-state index is 0.201. The van der Waals surface area contributed by atoms with Crippen molar-refractivity contribution >= 4 is 19.3 Å². The van der Waals surface area contributed by atoms with Crippen molar-refractivity contribution < 1.29 is 18.8 Å². The van der Waals surface area contributed by atoms with Gasteiger partial charge in [0.15, 0.2) is 0 Å². The van der Waals surface area contributed by atoms with Gasteiger partial charge in [-0.2, -0.15) is 5.26 Å². The van der Waals surface area contributed by atoms with Gasteiger partial charge in [-0.1, -0.05) is 30.3 Å². The lowest BCUT2D eigenvalue weighted by Gasteiger charge is -2.32. The van der Waals surface area contributed by atoms with E-state index in [1.54, 1.807) is 0 Å². The van der Waals surface area contributed by atoms with Crippen LogP contribution in [0.5, 0.6) is 0 Å². The summed E-state index contributed by atoms with van der Waals surface area (Å²) in [5.74, 6) is 0. The van der Waals surface area contributed by atoms with Crippen LogP contribution < -0.4 is 5.32 Å². The number of hydrogen-bond acceptors (Lipinski definition) is 5. The Kier molecular flexibility index (Phi) is 6.82. The number of nitrogens with one attached hydrogen (secondary N) is 1. The van der Waals surface area contributed by atoms with E-state index in [4.69, 9.17) is 19.3 Å². The van der Waals surface area contributed by atoms with Crippen LogP contribution in [-0.4, -0.2) is 36.6 Å². The molecular formula is C22H31BN2O4. The van der Waals surface area contributed by atoms with Crippen LogP contribution in [0.4, 0.5) is 4.79 Å². The first-order valence-electron chi connectivity index (χ1n) is 9.82. The molecule has 1 fully saturated rings. The first-order chi connectivity index (χ1) is 13.3. The molecule has 7 heteroatoms. The van der Waals surface area contributed by atoms with E-state index in [0.717, 1.165) is 16.6 Å². The van der Waals surface area contributed by atoms with Gasteiger partial charge in [-0.15, -0.1) is 0 Å². The summed E-state index contributed by atoms with van der Waals surface area (Å²) in [4.78, 5) is 12.2. The Labute approximate surface area is 174 Å². The van der Waals surface area contributed by atoms with E-state index in [2.05, 4.69) is 11.4 Å². The fourth-order valence-electron chi connectivity index (χ4n) is 2.81. The van der Waals surface area contributed by atoms with Gasteiger partial charge in [-0.3, -0.25) is 0 Å². The van der Waals surface area contributed by atoms with Crippen molar-refractivity contribution in [2.24, 2.45) is 0 Å². The zero-order chi connectivity index (χ0) is 21.9. The average Bonchev–Trinajstić information content (AvgIpc) is 2.79. The maximum Gasteiger partial charge on any atom is 0.492 e. The molecule has 1 heterocycles. The summed E-state index contributed by atoms with van der Waals surface area (Å²) in [5.41, 5.74) is 0.951. The fraction of sp³-hybridized carbons (Fsp3) is 0.545. The van der Waals surface area contributed by atoms with Gasteiger partial charge in [0.05, 0.1) is 23.7 Å². The van der Waals surface area contributed by atoms with E-state index >= 15 is 0 Å². The quantitative estimate of drug-likeness (QED) is 0.749. The first-order valence-corrected chi connectivity index (χ1v) is 9.82. The number of ether oxygens (including phenoxy) is 1. The molecule has 0 aliphatic carbocycles. The number of hydrogen-bond donors (Lipinski definition) is 1. The molecule has 2 rings (SSSR count). The van der Waals surface area contributed by atoms with Gasteiger partial charge in [0, 0.05) is 6.54 Å². The number of alkyl carbamates (subject to hydrolysis) is 1. The second-order valence-electron chi connectivity index (χ2n) is 9.20. The highest BCUT2D eigenvalue weighted by atomic mass is 16.7. The molecule has 29 heavy (non-hydrogen) atoms. The maximum atomic E-state index is 12.2. The van der Waals surface area contributed by atoms with Gasteiger partial charge in [-0.05, 0) is 65.1 Å². The number of carbonyl (C=O) groups excluding carboxylic acids is 1. The zero-order valence-corrected chi connectivity index (χ0v) is 18.5. The summed E-state index contributed by atoms with van der Waals surface area (Å²) < 4.78 is 17.7. The molecule has 1 amide bonds. The third kappa shape index (κ3) is 6.09. The van der Waals surface area contributed by atoms with Crippen molar-refractivity contribution in [2.75, 3.05) is 6.54 Å². The monoisotopic (exact) mass is 398 g/mol. The molecule has 1 aliphatic rings. The lowest BCUT2D eigenvalue weighted by atomic mass is 9.76. The fourth-order valence-corrected chi connectivity index (χ4v) is 2.81. The van der Waals surface area contributed by atoms with Crippen LogP contribution in [0.15, 0.2) is 29.7 Å². The Bertz CT molecular complexity index is 803. The predicted molar refractivity (Wildman–Crippen MR) is 114 cm³/mol. The zero-order valence-electron chi connectivity index (χ0n) is 18.5. The molecule has 0 radical (unpaired) electrons. The van der Waals surface area contributed by atoms with Gasteiger partial charge < -0.3 is 19.4 Å². The number of amides is 1. The Hall–Kier alpha value is -2.30. The minimum Gasteiger partial charge on any atom is -0.444 e. The van der Waals surface area contributed by atoms with Gasteiger partial charge >= 0.3 is 13.2 Å². The number of benzene rings is 1. The van der Waals surface area contributed by atoms with E-state index in [0.29, 0.717) is 6.42 Å². The summed E-state index contributed by atoms with van der Waals surface area (Å²) >= 11 is 0. The lowest BCUT2D eigenvalue weighted by molar-refractivity contribution is 0.00578. The number of nitriles is 1.